The number of amides is 4. The molecular formula is C48H59F2N9O5S2. The van der Waals surface area contributed by atoms with Crippen LogP contribution in [-0.4, -0.2) is 119 Å². The minimum absolute atomic E-state index is 0.0190. The quantitative estimate of drug-likeness (QED) is 0.0358. The summed E-state index contributed by atoms with van der Waals surface area (Å²) >= 11 is 2.96. The van der Waals surface area contributed by atoms with E-state index < -0.39 is 5.82 Å². The number of hydrogen-bond donors (Lipinski definition) is 3. The van der Waals surface area contributed by atoms with Gasteiger partial charge >= 0.3 is 0 Å². The fourth-order valence-electron chi connectivity index (χ4n) is 9.30. The lowest BCUT2D eigenvalue weighted by Crippen LogP contribution is -2.48. The van der Waals surface area contributed by atoms with Crippen molar-refractivity contribution < 1.29 is 32.7 Å². The molecule has 4 aliphatic heterocycles. The van der Waals surface area contributed by atoms with Gasteiger partial charge in [-0.3, -0.25) is 29.4 Å². The number of thioether (sulfide) groups is 1. The number of aryl methyl sites for hydroxylation is 1. The van der Waals surface area contributed by atoms with Crippen LogP contribution in [-0.2, 0) is 19.2 Å². The van der Waals surface area contributed by atoms with Crippen LogP contribution in [0.5, 0.6) is 11.5 Å². The molecule has 1 saturated carbocycles. The van der Waals surface area contributed by atoms with Gasteiger partial charge in [-0.2, -0.15) is 5.26 Å². The van der Waals surface area contributed by atoms with Gasteiger partial charge in [-0.25, -0.2) is 18.1 Å². The first-order chi connectivity index (χ1) is 31.8. The highest BCUT2D eigenvalue weighted by atomic mass is 32.2. The molecule has 0 aromatic heterocycles. The highest BCUT2D eigenvalue weighted by molar-refractivity contribution is 8.08. The van der Waals surface area contributed by atoms with Crippen LogP contribution in [0.2, 0.25) is 0 Å². The number of imide groups is 1. The van der Waals surface area contributed by atoms with Gasteiger partial charge in [0.2, 0.25) is 24.1 Å². The van der Waals surface area contributed by atoms with Gasteiger partial charge in [0.25, 0.3) is 0 Å². The van der Waals surface area contributed by atoms with Crippen molar-refractivity contribution in [3.05, 3.63) is 76.9 Å². The Morgan fingerprint density at radius 1 is 1.06 bits per heavy atom. The molecule has 66 heavy (non-hydrogen) atoms. The fourth-order valence-corrected chi connectivity index (χ4v) is 10.8. The van der Waals surface area contributed by atoms with Gasteiger partial charge in [-0.15, -0.1) is 11.8 Å². The molecule has 4 saturated heterocycles. The Morgan fingerprint density at radius 2 is 1.83 bits per heavy atom. The molecule has 3 atom stereocenters. The van der Waals surface area contributed by atoms with Crippen molar-refractivity contribution in [1.29, 1.82) is 5.26 Å². The summed E-state index contributed by atoms with van der Waals surface area (Å²) in [7, 11) is 3.68. The number of carbonyl (C=O) groups excluding carboxylic acids is 4. The smallest absolute Gasteiger partial charge is 0.240 e. The number of carbonyl (C=O) groups is 4. The minimum atomic E-state index is -0.646. The standard InChI is InChI=1S/C42H52F2N8O3S.C6H7NO2S/c1-5-49(4)56-48-39-11-9-36(43)41(35(39)25-45)55-33-7-10-38(29(2)22-33)47-27-52(28-53)32-12-15-42(24-32)16-20-51(21-17-42)40(54)26-50-18-13-30(14-19-50)34-8-6-31(46-3)23-37(34)44;8-4-2-1-3-5(10-3)6(9)7-4/h6-11,22-23,27-28,30,32,46,48H,5,12-21,24,26H2,1-4H3;3,5H,1-2H2,(H,7,8,9). The molecule has 4 amide bonds. The Labute approximate surface area is 394 Å². The van der Waals surface area contributed by atoms with Crippen LogP contribution in [0.25, 0.3) is 0 Å². The summed E-state index contributed by atoms with van der Waals surface area (Å²) in [6, 6.07) is 15.3. The first kappa shape index (κ1) is 48.7. The van der Waals surface area contributed by atoms with E-state index in [1.807, 2.05) is 42.2 Å². The molecule has 3 aromatic rings. The Kier molecular flexibility index (Phi) is 16.3. The second-order valence-corrected chi connectivity index (χ2v) is 20.2. The zero-order chi connectivity index (χ0) is 47.0. The number of hydrogen-bond acceptors (Lipinski definition) is 13. The van der Waals surface area contributed by atoms with E-state index in [4.69, 9.17) is 4.74 Å². The fraction of sp³-hybridized carbons (Fsp3) is 0.500. The van der Waals surface area contributed by atoms with Crippen LogP contribution in [0, 0.1) is 35.3 Å². The van der Waals surface area contributed by atoms with Crippen molar-refractivity contribution in [2.75, 3.05) is 63.4 Å². The Balaban J connectivity index is 0.000000567. The molecule has 14 nitrogen and oxygen atoms in total. The molecular weight excluding hydrogens is 885 g/mol. The lowest BCUT2D eigenvalue weighted by Gasteiger charge is -2.41. The van der Waals surface area contributed by atoms with E-state index >= 15 is 0 Å². The molecule has 1 spiro atoms. The molecule has 5 fully saturated rings. The third-order valence-electron chi connectivity index (χ3n) is 13.5. The third-order valence-corrected chi connectivity index (χ3v) is 15.8. The van der Waals surface area contributed by atoms with E-state index in [0.29, 0.717) is 48.4 Å². The first-order valence-electron chi connectivity index (χ1n) is 22.7. The summed E-state index contributed by atoms with van der Waals surface area (Å²) in [4.78, 5) is 57.7. The van der Waals surface area contributed by atoms with E-state index in [1.165, 1.54) is 24.3 Å². The van der Waals surface area contributed by atoms with E-state index in [-0.39, 0.29) is 57.5 Å². The van der Waals surface area contributed by atoms with E-state index in [2.05, 4.69) is 31.3 Å². The molecule has 18 heteroatoms. The van der Waals surface area contributed by atoms with Gasteiger partial charge in [0, 0.05) is 62.2 Å². The SMILES string of the molecule is CCN(C)SNc1ccc(F)c(Oc2ccc(N=CN(C=O)C3CCC4(CCN(C(=O)CN5CCC(c6ccc(NC)cc6F)CC5)CC4)C3)c(C)c2)c1C#N.O=C1CCC2SC2C(=O)N1. The number of aliphatic imine (C=N–C) groups is 1. The average Bonchev–Trinajstić information content (AvgIpc) is 4.03. The van der Waals surface area contributed by atoms with Gasteiger partial charge in [0.05, 0.1) is 29.5 Å². The second kappa shape index (κ2) is 22.1. The summed E-state index contributed by atoms with van der Waals surface area (Å²) < 4.78 is 40.5. The van der Waals surface area contributed by atoms with Gasteiger partial charge in [0.1, 0.15) is 23.2 Å². The maximum Gasteiger partial charge on any atom is 0.240 e. The number of halogens is 2. The van der Waals surface area contributed by atoms with Crippen LogP contribution < -0.4 is 20.1 Å². The number of likely N-dealkylation sites (tertiary alicyclic amines) is 2. The van der Waals surface area contributed by atoms with Crippen molar-refractivity contribution in [3.8, 4) is 17.6 Å². The van der Waals surface area contributed by atoms with Crippen molar-refractivity contribution in [2.24, 2.45) is 10.4 Å². The summed E-state index contributed by atoms with van der Waals surface area (Å²) in [5.74, 6) is -0.499. The Hall–Kier alpha value is -5.22. The lowest BCUT2D eigenvalue weighted by atomic mass is 9.76. The number of nitrogens with zero attached hydrogens (tertiary/aromatic N) is 6. The summed E-state index contributed by atoms with van der Waals surface area (Å²) in [6.45, 7) is 7.99. The summed E-state index contributed by atoms with van der Waals surface area (Å²) in [5, 5.41) is 15.7. The molecule has 0 bridgehead atoms. The monoisotopic (exact) mass is 943 g/mol. The van der Waals surface area contributed by atoms with Gasteiger partial charge < -0.3 is 24.6 Å². The highest BCUT2D eigenvalue weighted by Gasteiger charge is 2.46. The minimum Gasteiger partial charge on any atom is -0.453 e. The zero-order valence-electron chi connectivity index (χ0n) is 38.0. The Bertz CT molecular complexity index is 2330. The molecule has 352 valence electrons. The Morgan fingerprint density at radius 3 is 2.52 bits per heavy atom. The van der Waals surface area contributed by atoms with Crippen LogP contribution in [0.3, 0.4) is 0 Å². The number of nitrogens with one attached hydrogen (secondary N) is 3. The van der Waals surface area contributed by atoms with Gasteiger partial charge in [0.15, 0.2) is 11.6 Å². The normalized spacial score (nSPS) is 21.6. The van der Waals surface area contributed by atoms with E-state index in [0.717, 1.165) is 94.2 Å². The molecule has 3 N–H and O–H groups in total. The largest absolute Gasteiger partial charge is 0.453 e. The van der Waals surface area contributed by atoms with Gasteiger partial charge in [-0.05, 0) is 143 Å². The number of ether oxygens (including phenoxy) is 1. The molecule has 4 heterocycles. The number of benzene rings is 3. The summed E-state index contributed by atoms with van der Waals surface area (Å²) in [6.07, 6.45) is 10.00. The predicted molar refractivity (Wildman–Crippen MR) is 256 cm³/mol. The van der Waals surface area contributed by atoms with Crippen molar-refractivity contribution >= 4 is 71.4 Å². The topological polar surface area (TPSA) is 163 Å². The van der Waals surface area contributed by atoms with Crippen LogP contribution in [0.4, 0.5) is 25.8 Å². The lowest BCUT2D eigenvalue weighted by molar-refractivity contribution is -0.135. The molecule has 3 unspecified atom stereocenters. The number of fused-ring (bicyclic) bond motifs is 1. The molecule has 5 aliphatic rings. The maximum absolute atomic E-state index is 14.9. The number of rotatable bonds is 14. The van der Waals surface area contributed by atoms with Crippen LogP contribution in [0.15, 0.2) is 53.5 Å². The third kappa shape index (κ3) is 12.0. The number of anilines is 2. The van der Waals surface area contributed by atoms with Crippen LogP contribution >= 0.6 is 23.9 Å². The number of nitriles is 1. The molecule has 8 rings (SSSR count). The number of piperidine rings is 2. The zero-order valence-corrected chi connectivity index (χ0v) is 39.6. The van der Waals surface area contributed by atoms with Crippen molar-refractivity contribution in [3.63, 3.8) is 0 Å². The maximum atomic E-state index is 14.9. The van der Waals surface area contributed by atoms with E-state index in [1.54, 1.807) is 54.3 Å². The molecule has 3 aromatic carbocycles. The molecule has 1 aliphatic carbocycles. The van der Waals surface area contributed by atoms with Crippen LogP contribution in [0.1, 0.15) is 87.3 Å². The van der Waals surface area contributed by atoms with Crippen molar-refractivity contribution in [2.45, 2.75) is 94.1 Å². The molecule has 0 radical (unpaired) electrons. The second-order valence-electron chi connectivity index (χ2n) is 17.8. The predicted octanol–water partition coefficient (Wildman–Crippen LogP) is 7.97. The van der Waals surface area contributed by atoms with Gasteiger partial charge in [-0.1, -0.05) is 13.0 Å². The van der Waals surface area contributed by atoms with E-state index in [9.17, 15) is 33.2 Å². The summed E-state index contributed by atoms with van der Waals surface area (Å²) in [5.41, 5.74) is 3.52. The first-order valence-corrected chi connectivity index (χ1v) is 24.4. The average molecular weight is 944 g/mol. The highest BCUT2D eigenvalue weighted by Crippen LogP contribution is 2.48. The van der Waals surface area contributed by atoms with Crippen molar-refractivity contribution in [1.82, 2.24) is 24.3 Å².